The molecule has 5 nitrogen and oxygen atoms in total. The zero-order valence-corrected chi connectivity index (χ0v) is 11.8. The minimum Gasteiger partial charge on any atom is -0.363 e. The maximum absolute atomic E-state index is 12.2. The minimum absolute atomic E-state index is 0.132. The van der Waals surface area contributed by atoms with E-state index in [9.17, 15) is 8.42 Å². The molecular formula is C12H14ClN3O2S. The molecule has 0 bridgehead atoms. The van der Waals surface area contributed by atoms with E-state index in [0.717, 1.165) is 5.56 Å². The summed E-state index contributed by atoms with van der Waals surface area (Å²) in [6.45, 7) is 2.03. The van der Waals surface area contributed by atoms with E-state index in [1.807, 2.05) is 0 Å². The van der Waals surface area contributed by atoms with Crippen molar-refractivity contribution in [2.45, 2.75) is 18.4 Å². The van der Waals surface area contributed by atoms with Crippen molar-refractivity contribution in [1.82, 2.24) is 4.98 Å². The Morgan fingerprint density at radius 3 is 2.74 bits per heavy atom. The number of para-hydroxylation sites is 1. The zero-order valence-electron chi connectivity index (χ0n) is 10.3. The van der Waals surface area contributed by atoms with E-state index < -0.39 is 10.0 Å². The monoisotopic (exact) mass is 299 g/mol. The fourth-order valence-electron chi connectivity index (χ4n) is 1.65. The molecule has 0 fully saturated rings. The number of sulfonamides is 1. The van der Waals surface area contributed by atoms with Crippen LogP contribution in [0.3, 0.4) is 0 Å². The molecular weight excluding hydrogens is 286 g/mol. The van der Waals surface area contributed by atoms with E-state index >= 15 is 0 Å². The topological polar surface area (TPSA) is 88.0 Å². The van der Waals surface area contributed by atoms with E-state index in [-0.39, 0.29) is 11.4 Å². The molecule has 0 atom stereocenters. The van der Waals surface area contributed by atoms with Gasteiger partial charge in [0.15, 0.2) is 0 Å². The summed E-state index contributed by atoms with van der Waals surface area (Å²) in [5.41, 5.74) is 7.23. The number of hydrogen-bond donors (Lipinski definition) is 3. The second-order valence-electron chi connectivity index (χ2n) is 4.10. The Kier molecular flexibility index (Phi) is 3.84. The number of hydrogen-bond acceptors (Lipinski definition) is 3. The van der Waals surface area contributed by atoms with Gasteiger partial charge in [-0.3, -0.25) is 4.72 Å². The van der Waals surface area contributed by atoms with Crippen molar-refractivity contribution in [2.75, 3.05) is 4.72 Å². The Hall–Kier alpha value is -1.50. The molecule has 0 radical (unpaired) electrons. The van der Waals surface area contributed by atoms with Crippen molar-refractivity contribution in [3.8, 4) is 0 Å². The second-order valence-corrected chi connectivity index (χ2v) is 6.19. The lowest BCUT2D eigenvalue weighted by Gasteiger charge is -2.10. The maximum atomic E-state index is 12.2. The van der Waals surface area contributed by atoms with Gasteiger partial charge < -0.3 is 10.7 Å². The van der Waals surface area contributed by atoms with Gasteiger partial charge in [0.25, 0.3) is 10.0 Å². The molecule has 2 rings (SSSR count). The van der Waals surface area contributed by atoms with Gasteiger partial charge in [-0.2, -0.15) is 0 Å². The Labute approximate surface area is 116 Å². The summed E-state index contributed by atoms with van der Waals surface area (Å²) in [6, 6.07) is 6.67. The molecule has 19 heavy (non-hydrogen) atoms. The van der Waals surface area contributed by atoms with Crippen LogP contribution in [-0.4, -0.2) is 13.4 Å². The van der Waals surface area contributed by atoms with Crippen molar-refractivity contribution < 1.29 is 8.42 Å². The van der Waals surface area contributed by atoms with E-state index in [4.69, 9.17) is 17.3 Å². The van der Waals surface area contributed by atoms with Crippen molar-refractivity contribution in [3.63, 3.8) is 0 Å². The summed E-state index contributed by atoms with van der Waals surface area (Å²) in [4.78, 5) is 2.93. The third-order valence-electron chi connectivity index (χ3n) is 2.70. The Morgan fingerprint density at radius 2 is 2.16 bits per heavy atom. The normalized spacial score (nSPS) is 11.5. The highest BCUT2D eigenvalue weighted by molar-refractivity contribution is 7.92. The van der Waals surface area contributed by atoms with Crippen LogP contribution in [0.4, 0.5) is 5.69 Å². The van der Waals surface area contributed by atoms with E-state index in [1.165, 1.54) is 12.3 Å². The maximum Gasteiger partial charge on any atom is 0.263 e. The fraction of sp³-hybridized carbons (Fsp3) is 0.167. The smallest absolute Gasteiger partial charge is 0.263 e. The Bertz CT molecular complexity index is 675. The van der Waals surface area contributed by atoms with Gasteiger partial charge in [-0.05, 0) is 24.6 Å². The number of nitrogens with two attached hydrogens (primary N) is 1. The zero-order chi connectivity index (χ0) is 14.0. The first-order chi connectivity index (χ1) is 8.94. The van der Waals surface area contributed by atoms with Crippen LogP contribution in [-0.2, 0) is 16.6 Å². The molecule has 0 aliphatic heterocycles. The van der Waals surface area contributed by atoms with Gasteiger partial charge in [0.2, 0.25) is 0 Å². The highest BCUT2D eigenvalue weighted by Crippen LogP contribution is 2.27. The summed E-state index contributed by atoms with van der Waals surface area (Å²) >= 11 is 6.00. The van der Waals surface area contributed by atoms with Crippen LogP contribution in [0.15, 0.2) is 35.4 Å². The lowest BCUT2D eigenvalue weighted by Crippen LogP contribution is -2.13. The molecule has 0 aliphatic rings. The van der Waals surface area contributed by atoms with Crippen molar-refractivity contribution in [1.29, 1.82) is 0 Å². The first-order valence-electron chi connectivity index (χ1n) is 5.59. The molecule has 0 saturated heterocycles. The van der Waals surface area contributed by atoms with Crippen LogP contribution < -0.4 is 10.5 Å². The van der Waals surface area contributed by atoms with Crippen molar-refractivity contribution in [2.24, 2.45) is 5.73 Å². The quantitative estimate of drug-likeness (QED) is 0.809. The number of nitrogens with one attached hydrogen (secondary N) is 2. The Balaban J connectivity index is 2.36. The van der Waals surface area contributed by atoms with Crippen LogP contribution in [0.25, 0.3) is 0 Å². The summed E-state index contributed by atoms with van der Waals surface area (Å²) < 4.78 is 26.9. The van der Waals surface area contributed by atoms with Crippen LogP contribution in [0.5, 0.6) is 0 Å². The third kappa shape index (κ3) is 2.91. The van der Waals surface area contributed by atoms with Gasteiger partial charge in [-0.1, -0.05) is 23.7 Å². The summed E-state index contributed by atoms with van der Waals surface area (Å²) in [5.74, 6) is 0. The number of halogens is 1. The van der Waals surface area contributed by atoms with Gasteiger partial charge in [-0.15, -0.1) is 0 Å². The molecule has 0 amide bonds. The predicted molar refractivity (Wildman–Crippen MR) is 75.7 cm³/mol. The average Bonchev–Trinajstić information content (AvgIpc) is 2.83. The first kappa shape index (κ1) is 13.9. The lowest BCUT2D eigenvalue weighted by atomic mass is 10.2. The predicted octanol–water partition coefficient (Wildman–Crippen LogP) is 2.24. The van der Waals surface area contributed by atoms with Crippen molar-refractivity contribution in [3.05, 3.63) is 46.7 Å². The number of rotatable bonds is 4. The SMILES string of the molecule is Cc1cccc(Cl)c1NS(=O)(=O)c1c[nH]c(CN)c1. The number of aromatic amines is 1. The van der Waals surface area contributed by atoms with Crippen molar-refractivity contribution >= 4 is 27.3 Å². The molecule has 0 saturated carbocycles. The summed E-state index contributed by atoms with van der Waals surface area (Å²) in [5, 5.41) is 0.359. The van der Waals surface area contributed by atoms with E-state index in [0.29, 0.717) is 16.4 Å². The summed E-state index contributed by atoms with van der Waals surface area (Å²) in [6.07, 6.45) is 1.40. The largest absolute Gasteiger partial charge is 0.363 e. The Morgan fingerprint density at radius 1 is 1.42 bits per heavy atom. The molecule has 0 spiro atoms. The van der Waals surface area contributed by atoms with Crippen LogP contribution in [0.2, 0.25) is 5.02 Å². The average molecular weight is 300 g/mol. The van der Waals surface area contributed by atoms with Gasteiger partial charge in [0.1, 0.15) is 4.90 Å². The van der Waals surface area contributed by atoms with Gasteiger partial charge in [0, 0.05) is 18.4 Å². The van der Waals surface area contributed by atoms with Crippen LogP contribution >= 0.6 is 11.6 Å². The molecule has 1 heterocycles. The molecule has 7 heteroatoms. The number of H-pyrrole nitrogens is 1. The van der Waals surface area contributed by atoms with Gasteiger partial charge in [0.05, 0.1) is 10.7 Å². The van der Waals surface area contributed by atoms with E-state index in [2.05, 4.69) is 9.71 Å². The number of anilines is 1. The van der Waals surface area contributed by atoms with E-state index in [1.54, 1.807) is 25.1 Å². The third-order valence-corrected chi connectivity index (χ3v) is 4.35. The lowest BCUT2D eigenvalue weighted by molar-refractivity contribution is 0.601. The first-order valence-corrected chi connectivity index (χ1v) is 7.45. The molecule has 0 aliphatic carbocycles. The number of benzene rings is 1. The molecule has 102 valence electrons. The van der Waals surface area contributed by atoms with Gasteiger partial charge in [-0.25, -0.2) is 8.42 Å². The number of aromatic nitrogens is 1. The highest BCUT2D eigenvalue weighted by Gasteiger charge is 2.18. The molecule has 1 aromatic carbocycles. The minimum atomic E-state index is -3.67. The fourth-order valence-corrected chi connectivity index (χ4v) is 3.14. The second kappa shape index (κ2) is 5.24. The highest BCUT2D eigenvalue weighted by atomic mass is 35.5. The molecule has 2 aromatic rings. The van der Waals surface area contributed by atoms with Crippen LogP contribution in [0, 0.1) is 6.92 Å². The molecule has 1 aromatic heterocycles. The summed E-state index contributed by atoms with van der Waals surface area (Å²) in [7, 11) is -3.67. The molecule has 0 unspecified atom stereocenters. The number of aryl methyl sites for hydroxylation is 1. The standard InChI is InChI=1S/C12H14ClN3O2S/c1-8-3-2-4-11(13)12(8)16-19(17,18)10-5-9(6-14)15-7-10/h2-5,7,15-16H,6,14H2,1H3. The molecule has 4 N–H and O–H groups in total. The van der Waals surface area contributed by atoms with Crippen LogP contribution in [0.1, 0.15) is 11.3 Å². The van der Waals surface area contributed by atoms with Gasteiger partial charge >= 0.3 is 0 Å².